The van der Waals surface area contributed by atoms with Crippen LogP contribution in [-0.2, 0) is 0 Å². The van der Waals surface area contributed by atoms with Crippen LogP contribution >= 0.6 is 15.9 Å². The van der Waals surface area contributed by atoms with E-state index < -0.39 is 0 Å². The second kappa shape index (κ2) is 4.89. The Kier molecular flexibility index (Phi) is 3.08. The third-order valence-electron chi connectivity index (χ3n) is 2.70. The van der Waals surface area contributed by atoms with Crippen molar-refractivity contribution in [2.24, 2.45) is 0 Å². The van der Waals surface area contributed by atoms with E-state index in [1.54, 1.807) is 13.3 Å². The second-order valence-corrected chi connectivity index (χ2v) is 4.74. The maximum atomic E-state index is 5.13. The van der Waals surface area contributed by atoms with Gasteiger partial charge in [-0.1, -0.05) is 0 Å². The minimum atomic E-state index is 0.699. The van der Waals surface area contributed by atoms with Crippen molar-refractivity contribution >= 4 is 33.1 Å². The average molecular weight is 319 g/mol. The number of rotatable bonds is 3. The molecule has 96 valence electrons. The van der Waals surface area contributed by atoms with Crippen LogP contribution in [-0.4, -0.2) is 21.5 Å². The second-order valence-electron chi connectivity index (χ2n) is 3.92. The Labute approximate surface area is 118 Å². The quantitative estimate of drug-likeness (QED) is 0.805. The molecule has 2 aromatic heterocycles. The monoisotopic (exact) mass is 318 g/mol. The molecule has 0 saturated carbocycles. The highest BCUT2D eigenvalue weighted by molar-refractivity contribution is 9.10. The van der Waals surface area contributed by atoms with Crippen molar-refractivity contribution in [2.45, 2.75) is 0 Å². The van der Waals surface area contributed by atoms with Crippen LogP contribution in [0.2, 0.25) is 0 Å². The third kappa shape index (κ3) is 2.39. The van der Waals surface area contributed by atoms with Gasteiger partial charge < -0.3 is 14.5 Å². The number of nitrogens with one attached hydrogen (secondary N) is 1. The lowest BCUT2D eigenvalue weighted by Gasteiger charge is -2.08. The third-order valence-corrected chi connectivity index (χ3v) is 3.08. The maximum Gasteiger partial charge on any atom is 0.180 e. The number of fused-ring (bicyclic) bond motifs is 1. The number of hydrogen-bond acceptors (Lipinski definition) is 4. The fraction of sp³-hybridized carbons (Fsp3) is 0.0769. The lowest BCUT2D eigenvalue weighted by Crippen LogP contribution is -1.98. The van der Waals surface area contributed by atoms with Gasteiger partial charge in [0.2, 0.25) is 0 Å². The summed E-state index contributed by atoms with van der Waals surface area (Å²) in [6.45, 7) is 0. The summed E-state index contributed by atoms with van der Waals surface area (Å²) in [6, 6.07) is 7.65. The summed E-state index contributed by atoms with van der Waals surface area (Å²) in [7, 11) is 1.65. The first-order chi connectivity index (χ1) is 9.26. The Morgan fingerprint density at radius 2 is 2.05 bits per heavy atom. The van der Waals surface area contributed by atoms with Gasteiger partial charge in [0.15, 0.2) is 11.5 Å². The number of benzene rings is 1. The molecule has 1 aromatic carbocycles. The molecule has 0 unspecified atom stereocenters. The number of halogens is 1. The van der Waals surface area contributed by atoms with Gasteiger partial charge in [0.25, 0.3) is 0 Å². The zero-order valence-corrected chi connectivity index (χ0v) is 11.8. The van der Waals surface area contributed by atoms with Crippen molar-refractivity contribution in [3.8, 4) is 5.75 Å². The standard InChI is InChI=1S/C13H11BrN4O/c1-19-10-4-2-9(3-5-10)16-12-13-15-6-7-18(13)8-11(14)17-12/h2-8H,1H3,(H,16,17). The summed E-state index contributed by atoms with van der Waals surface area (Å²) in [5.41, 5.74) is 1.70. The van der Waals surface area contributed by atoms with E-state index in [4.69, 9.17) is 4.74 Å². The molecule has 6 heteroatoms. The van der Waals surface area contributed by atoms with Crippen molar-refractivity contribution in [2.75, 3.05) is 12.4 Å². The van der Waals surface area contributed by atoms with Gasteiger partial charge in [-0.25, -0.2) is 9.97 Å². The molecule has 0 amide bonds. The first-order valence-corrected chi connectivity index (χ1v) is 6.46. The van der Waals surface area contributed by atoms with E-state index in [1.807, 2.05) is 41.1 Å². The zero-order chi connectivity index (χ0) is 13.2. The predicted molar refractivity (Wildman–Crippen MR) is 77.0 cm³/mol. The van der Waals surface area contributed by atoms with Gasteiger partial charge in [0.1, 0.15) is 10.4 Å². The minimum absolute atomic E-state index is 0.699. The van der Waals surface area contributed by atoms with Gasteiger partial charge in [-0.2, -0.15) is 0 Å². The minimum Gasteiger partial charge on any atom is -0.497 e. The van der Waals surface area contributed by atoms with Crippen LogP contribution in [0.3, 0.4) is 0 Å². The van der Waals surface area contributed by atoms with Crippen LogP contribution in [0.1, 0.15) is 0 Å². The number of nitrogens with zero attached hydrogens (tertiary/aromatic N) is 3. The molecule has 0 fully saturated rings. The summed E-state index contributed by atoms with van der Waals surface area (Å²) in [5, 5.41) is 3.25. The number of imidazole rings is 1. The van der Waals surface area contributed by atoms with Gasteiger partial charge in [0, 0.05) is 24.3 Å². The molecular formula is C13H11BrN4O. The SMILES string of the molecule is COc1ccc(Nc2nc(Br)cn3ccnc23)cc1. The van der Waals surface area contributed by atoms with Crippen LogP contribution in [0.25, 0.3) is 5.65 Å². The Morgan fingerprint density at radius 3 is 2.79 bits per heavy atom. The number of ether oxygens (including phenoxy) is 1. The lowest BCUT2D eigenvalue weighted by atomic mass is 10.3. The fourth-order valence-corrected chi connectivity index (χ4v) is 2.19. The largest absolute Gasteiger partial charge is 0.497 e. The van der Waals surface area contributed by atoms with Gasteiger partial charge in [-0.15, -0.1) is 0 Å². The molecule has 0 atom stereocenters. The molecule has 0 aliphatic carbocycles. The molecular weight excluding hydrogens is 308 g/mol. The Morgan fingerprint density at radius 1 is 1.26 bits per heavy atom. The van der Waals surface area contributed by atoms with E-state index in [1.165, 1.54) is 0 Å². The van der Waals surface area contributed by atoms with Crippen LogP contribution in [0, 0.1) is 0 Å². The highest BCUT2D eigenvalue weighted by atomic mass is 79.9. The van der Waals surface area contributed by atoms with Crippen LogP contribution in [0.5, 0.6) is 5.75 Å². The van der Waals surface area contributed by atoms with Gasteiger partial charge in [-0.3, -0.25) is 0 Å². The van der Waals surface area contributed by atoms with E-state index in [9.17, 15) is 0 Å². The van der Waals surface area contributed by atoms with Crippen LogP contribution in [0.15, 0.2) is 47.5 Å². The summed E-state index contributed by atoms with van der Waals surface area (Å²) < 4.78 is 7.78. The number of methoxy groups -OCH3 is 1. The highest BCUT2D eigenvalue weighted by Crippen LogP contribution is 2.22. The number of aromatic nitrogens is 3. The molecule has 0 aliphatic heterocycles. The Balaban J connectivity index is 1.97. The van der Waals surface area contributed by atoms with Crippen molar-refractivity contribution in [1.29, 1.82) is 0 Å². The first-order valence-electron chi connectivity index (χ1n) is 5.66. The normalized spacial score (nSPS) is 10.6. The molecule has 5 nitrogen and oxygen atoms in total. The predicted octanol–water partition coefficient (Wildman–Crippen LogP) is 3.24. The van der Waals surface area contributed by atoms with E-state index in [0.717, 1.165) is 21.7 Å². The van der Waals surface area contributed by atoms with Gasteiger partial charge >= 0.3 is 0 Å². The molecule has 1 N–H and O–H groups in total. The van der Waals surface area contributed by atoms with E-state index >= 15 is 0 Å². The maximum absolute atomic E-state index is 5.13. The van der Waals surface area contributed by atoms with E-state index in [-0.39, 0.29) is 0 Å². The van der Waals surface area contributed by atoms with Crippen molar-refractivity contribution in [3.05, 3.63) is 47.5 Å². The molecule has 3 aromatic rings. The molecule has 2 heterocycles. The van der Waals surface area contributed by atoms with Crippen molar-refractivity contribution in [1.82, 2.24) is 14.4 Å². The zero-order valence-electron chi connectivity index (χ0n) is 10.2. The number of hydrogen-bond donors (Lipinski definition) is 1. The lowest BCUT2D eigenvalue weighted by molar-refractivity contribution is 0.415. The van der Waals surface area contributed by atoms with E-state index in [0.29, 0.717) is 5.82 Å². The first kappa shape index (κ1) is 12.0. The van der Waals surface area contributed by atoms with Crippen molar-refractivity contribution in [3.63, 3.8) is 0 Å². The Bertz CT molecular complexity index is 708. The summed E-state index contributed by atoms with van der Waals surface area (Å²) in [5.74, 6) is 1.52. The van der Waals surface area contributed by atoms with E-state index in [2.05, 4.69) is 31.2 Å². The molecule has 0 saturated heterocycles. The molecule has 0 aliphatic rings. The molecule has 0 radical (unpaired) electrons. The summed E-state index contributed by atoms with van der Waals surface area (Å²) >= 11 is 3.38. The topological polar surface area (TPSA) is 51.5 Å². The molecule has 19 heavy (non-hydrogen) atoms. The average Bonchev–Trinajstić information content (AvgIpc) is 2.88. The summed E-state index contributed by atoms with van der Waals surface area (Å²) in [6.07, 6.45) is 5.48. The van der Waals surface area contributed by atoms with Crippen molar-refractivity contribution < 1.29 is 4.74 Å². The van der Waals surface area contributed by atoms with Gasteiger partial charge in [0.05, 0.1) is 7.11 Å². The van der Waals surface area contributed by atoms with Gasteiger partial charge in [-0.05, 0) is 40.2 Å². The van der Waals surface area contributed by atoms with Crippen LogP contribution < -0.4 is 10.1 Å². The molecule has 0 spiro atoms. The summed E-state index contributed by atoms with van der Waals surface area (Å²) in [4.78, 5) is 8.68. The molecule has 0 bridgehead atoms. The molecule has 3 rings (SSSR count). The smallest absolute Gasteiger partial charge is 0.180 e. The Hall–Kier alpha value is -2.08. The van der Waals surface area contributed by atoms with Crippen LogP contribution in [0.4, 0.5) is 11.5 Å². The number of anilines is 2. The fourth-order valence-electron chi connectivity index (χ4n) is 1.80. The highest BCUT2D eigenvalue weighted by Gasteiger charge is 2.06.